The molecule has 27 heavy (non-hydrogen) atoms. The van der Waals surface area contributed by atoms with E-state index < -0.39 is 0 Å². The molecule has 0 amide bonds. The largest absolute Gasteiger partial charge is 0.316 e. The monoisotopic (exact) mass is 400 g/mol. The van der Waals surface area contributed by atoms with Crippen LogP contribution in [0.1, 0.15) is 48.9 Å². The SMILES string of the molecule is S=c1n(C[NH+]2CCC[C@@H](c3nc4ccccc4s3)C2)nc2n1CCCCC2. The van der Waals surface area contributed by atoms with Crippen molar-refractivity contribution >= 4 is 33.8 Å². The fourth-order valence-electron chi connectivity index (χ4n) is 4.51. The molecule has 2 aliphatic heterocycles. The predicted molar refractivity (Wildman–Crippen MR) is 111 cm³/mol. The molecule has 1 saturated heterocycles. The zero-order valence-corrected chi connectivity index (χ0v) is 17.2. The maximum Gasteiger partial charge on any atom is 0.202 e. The average Bonchev–Trinajstić information content (AvgIpc) is 3.15. The van der Waals surface area contributed by atoms with E-state index in [1.807, 2.05) is 11.3 Å². The molecule has 1 unspecified atom stereocenters. The number of hydrogen-bond acceptors (Lipinski definition) is 4. The summed E-state index contributed by atoms with van der Waals surface area (Å²) in [5.74, 6) is 1.75. The molecule has 3 aromatic rings. The lowest BCUT2D eigenvalue weighted by Crippen LogP contribution is -3.12. The van der Waals surface area contributed by atoms with Crippen LogP contribution >= 0.6 is 23.6 Å². The average molecular weight is 401 g/mol. The third kappa shape index (κ3) is 3.48. The molecule has 7 heteroatoms. The molecule has 2 atom stereocenters. The third-order valence-corrected chi connectivity index (χ3v) is 7.56. The molecule has 2 aliphatic rings. The second kappa shape index (κ2) is 7.45. The van der Waals surface area contributed by atoms with Crippen LogP contribution in [-0.4, -0.2) is 32.4 Å². The Morgan fingerprint density at radius 1 is 1.19 bits per heavy atom. The van der Waals surface area contributed by atoms with Gasteiger partial charge in [0.05, 0.1) is 29.2 Å². The first-order valence-corrected chi connectivity index (χ1v) is 11.4. The number of aromatic nitrogens is 4. The van der Waals surface area contributed by atoms with Crippen molar-refractivity contribution in [2.45, 2.75) is 57.7 Å². The molecule has 1 fully saturated rings. The van der Waals surface area contributed by atoms with Gasteiger partial charge in [-0.2, -0.15) is 9.78 Å². The Morgan fingerprint density at radius 2 is 2.11 bits per heavy atom. The maximum absolute atomic E-state index is 5.75. The second-order valence-corrected chi connectivity index (χ2v) is 9.31. The van der Waals surface area contributed by atoms with Gasteiger partial charge in [0.2, 0.25) is 4.77 Å². The van der Waals surface area contributed by atoms with Gasteiger partial charge >= 0.3 is 0 Å². The summed E-state index contributed by atoms with van der Waals surface area (Å²) in [4.78, 5) is 6.50. The van der Waals surface area contributed by atoms with Crippen LogP contribution in [0.5, 0.6) is 0 Å². The van der Waals surface area contributed by atoms with Gasteiger partial charge in [0.15, 0.2) is 6.67 Å². The third-order valence-electron chi connectivity index (χ3n) is 5.93. The number of fused-ring (bicyclic) bond motifs is 2. The van der Waals surface area contributed by atoms with Gasteiger partial charge in [-0.1, -0.05) is 18.6 Å². The van der Waals surface area contributed by atoms with Crippen LogP contribution in [0, 0.1) is 4.77 Å². The highest BCUT2D eigenvalue weighted by Gasteiger charge is 2.28. The lowest BCUT2D eigenvalue weighted by Gasteiger charge is -2.28. The van der Waals surface area contributed by atoms with Gasteiger partial charge in [-0.15, -0.1) is 11.3 Å². The molecule has 0 bridgehead atoms. The Labute approximate surface area is 168 Å². The summed E-state index contributed by atoms with van der Waals surface area (Å²) < 4.78 is 6.59. The van der Waals surface area contributed by atoms with Crippen molar-refractivity contribution in [2.75, 3.05) is 13.1 Å². The molecule has 4 heterocycles. The molecule has 0 radical (unpaired) electrons. The first-order chi connectivity index (χ1) is 13.3. The minimum Gasteiger partial charge on any atom is -0.316 e. The van der Waals surface area contributed by atoms with E-state index in [-0.39, 0.29) is 0 Å². The quantitative estimate of drug-likeness (QED) is 0.687. The van der Waals surface area contributed by atoms with Gasteiger partial charge in [-0.3, -0.25) is 0 Å². The minimum absolute atomic E-state index is 0.556. The smallest absolute Gasteiger partial charge is 0.202 e. The highest BCUT2D eigenvalue weighted by atomic mass is 32.1. The van der Waals surface area contributed by atoms with Crippen LogP contribution in [0.2, 0.25) is 0 Å². The number of likely N-dealkylation sites (tertiary alicyclic amines) is 1. The van der Waals surface area contributed by atoms with Crippen molar-refractivity contribution in [3.63, 3.8) is 0 Å². The van der Waals surface area contributed by atoms with Gasteiger partial charge < -0.3 is 9.47 Å². The van der Waals surface area contributed by atoms with Crippen LogP contribution in [0.25, 0.3) is 10.2 Å². The van der Waals surface area contributed by atoms with Crippen molar-refractivity contribution in [2.24, 2.45) is 0 Å². The van der Waals surface area contributed by atoms with E-state index in [0.717, 1.165) is 36.5 Å². The van der Waals surface area contributed by atoms with Crippen molar-refractivity contribution < 1.29 is 4.90 Å². The zero-order chi connectivity index (χ0) is 18.2. The van der Waals surface area contributed by atoms with Gasteiger partial charge in [0, 0.05) is 13.0 Å². The molecule has 0 aliphatic carbocycles. The van der Waals surface area contributed by atoms with E-state index in [1.165, 1.54) is 54.2 Å². The van der Waals surface area contributed by atoms with Gasteiger partial charge in [-0.25, -0.2) is 4.98 Å². The summed E-state index contributed by atoms with van der Waals surface area (Å²) in [6.45, 7) is 4.26. The van der Waals surface area contributed by atoms with Gasteiger partial charge in [0.1, 0.15) is 10.8 Å². The summed E-state index contributed by atoms with van der Waals surface area (Å²) in [7, 11) is 0. The lowest BCUT2D eigenvalue weighted by molar-refractivity contribution is -0.929. The number of piperidine rings is 1. The number of nitrogens with one attached hydrogen (secondary N) is 1. The Kier molecular flexibility index (Phi) is 4.83. The van der Waals surface area contributed by atoms with Crippen molar-refractivity contribution in [3.05, 3.63) is 39.9 Å². The summed E-state index contributed by atoms with van der Waals surface area (Å²) in [6.07, 6.45) is 7.32. The Hall–Kier alpha value is -1.57. The lowest BCUT2D eigenvalue weighted by atomic mass is 9.99. The normalized spacial score (nSPS) is 23.3. The van der Waals surface area contributed by atoms with Gasteiger partial charge in [0.25, 0.3) is 0 Å². The molecule has 5 nitrogen and oxygen atoms in total. The van der Waals surface area contributed by atoms with Crippen LogP contribution in [0.3, 0.4) is 0 Å². The topological polar surface area (TPSA) is 40.1 Å². The van der Waals surface area contributed by atoms with Gasteiger partial charge in [-0.05, 0) is 50.0 Å². The number of thiazole rings is 1. The summed E-state index contributed by atoms with van der Waals surface area (Å²) in [5, 5.41) is 6.18. The second-order valence-electron chi connectivity index (χ2n) is 7.88. The number of para-hydroxylation sites is 1. The van der Waals surface area contributed by atoms with Crippen LogP contribution in [0.15, 0.2) is 24.3 Å². The number of quaternary nitrogens is 1. The van der Waals surface area contributed by atoms with Crippen LogP contribution in [-0.2, 0) is 19.6 Å². The van der Waals surface area contributed by atoms with Crippen molar-refractivity contribution in [1.29, 1.82) is 0 Å². The maximum atomic E-state index is 5.75. The van der Waals surface area contributed by atoms with Crippen LogP contribution < -0.4 is 4.90 Å². The summed E-state index contributed by atoms with van der Waals surface area (Å²) in [5.41, 5.74) is 1.14. The Morgan fingerprint density at radius 3 is 3.04 bits per heavy atom. The fraction of sp³-hybridized carbons (Fsp3) is 0.550. The fourth-order valence-corrected chi connectivity index (χ4v) is 5.91. The molecule has 1 N–H and O–H groups in total. The number of rotatable bonds is 3. The van der Waals surface area contributed by atoms with E-state index in [4.69, 9.17) is 22.3 Å². The van der Waals surface area contributed by atoms with E-state index >= 15 is 0 Å². The van der Waals surface area contributed by atoms with E-state index in [2.05, 4.69) is 33.5 Å². The van der Waals surface area contributed by atoms with E-state index in [0.29, 0.717) is 5.92 Å². The van der Waals surface area contributed by atoms with Crippen molar-refractivity contribution in [1.82, 2.24) is 19.3 Å². The Bertz CT molecular complexity index is 968. The highest BCUT2D eigenvalue weighted by molar-refractivity contribution is 7.71. The summed E-state index contributed by atoms with van der Waals surface area (Å²) >= 11 is 7.62. The molecular weight excluding hydrogens is 374 g/mol. The molecule has 1 aromatic carbocycles. The first-order valence-electron chi connectivity index (χ1n) is 10.1. The molecule has 5 rings (SSSR count). The number of hydrogen-bond donors (Lipinski definition) is 1. The number of aryl methyl sites for hydroxylation is 1. The molecule has 142 valence electrons. The molecule has 0 saturated carbocycles. The molecule has 0 spiro atoms. The highest BCUT2D eigenvalue weighted by Crippen LogP contribution is 2.30. The predicted octanol–water partition coefficient (Wildman–Crippen LogP) is 3.17. The molecule has 2 aromatic heterocycles. The molecular formula is C20H26N5S2+. The minimum atomic E-state index is 0.556. The van der Waals surface area contributed by atoms with E-state index in [1.54, 1.807) is 4.90 Å². The number of benzene rings is 1. The summed E-state index contributed by atoms with van der Waals surface area (Å²) in [6, 6.07) is 8.49. The standard InChI is InChI=1S/C20H25N5S2/c26-20-24-12-5-1-2-10-18(24)22-25(20)14-23-11-6-7-15(13-23)19-21-16-8-3-4-9-17(16)27-19/h3-4,8-9,15H,1-2,5-7,10-14H2/p+1/t15-/m1/s1. The zero-order valence-electron chi connectivity index (χ0n) is 15.6. The van der Waals surface area contributed by atoms with Crippen molar-refractivity contribution in [3.8, 4) is 0 Å². The first kappa shape index (κ1) is 17.5. The van der Waals surface area contributed by atoms with E-state index in [9.17, 15) is 0 Å². The Balaban J connectivity index is 1.33. The number of nitrogens with zero attached hydrogens (tertiary/aromatic N) is 4. The van der Waals surface area contributed by atoms with Crippen LogP contribution in [0.4, 0.5) is 0 Å².